The molecule has 0 N–H and O–H groups in total. The van der Waals surface area contributed by atoms with E-state index in [0.717, 1.165) is 19.3 Å². The molecule has 12 heavy (non-hydrogen) atoms. The maximum absolute atomic E-state index is 11.8. The Morgan fingerprint density at radius 3 is 2.58 bits per heavy atom. The second kappa shape index (κ2) is 4.42. The van der Waals surface area contributed by atoms with Crippen molar-refractivity contribution in [2.45, 2.75) is 38.4 Å². The maximum atomic E-state index is 11.8. The third-order valence-electron chi connectivity index (χ3n) is 2.19. The summed E-state index contributed by atoms with van der Waals surface area (Å²) in [5.74, 6) is 2.38. The smallest absolute Gasteiger partial charge is 0.318 e. The van der Waals surface area contributed by atoms with Crippen LogP contribution in [0.3, 0.4) is 0 Å². The quantitative estimate of drug-likeness (QED) is 0.584. The zero-order valence-corrected chi connectivity index (χ0v) is 6.80. The van der Waals surface area contributed by atoms with Gasteiger partial charge in [0.1, 0.15) is 0 Å². The highest BCUT2D eigenvalue weighted by atomic mass is 19.3. The molecule has 0 radical (unpaired) electrons. The van der Waals surface area contributed by atoms with Gasteiger partial charge in [-0.3, -0.25) is 0 Å². The molecule has 1 nitrogen and oxygen atoms in total. The number of hydrogen-bond donors (Lipinski definition) is 0. The Morgan fingerprint density at radius 2 is 2.00 bits per heavy atom. The second-order valence-electron chi connectivity index (χ2n) is 2.99. The molecule has 1 aliphatic carbocycles. The fraction of sp³-hybridized carbons (Fsp3) is 0.778. The molecule has 3 heteroatoms. The monoisotopic (exact) mass is 174 g/mol. The fourth-order valence-corrected chi connectivity index (χ4v) is 1.58. The number of hydrogen-bond acceptors (Lipinski definition) is 1. The molecule has 1 aliphatic rings. The molecule has 0 bridgehead atoms. The van der Waals surface area contributed by atoms with Crippen LogP contribution in [0.25, 0.3) is 0 Å². The number of alkyl halides is 2. The first-order valence-electron chi connectivity index (χ1n) is 4.14. The van der Waals surface area contributed by atoms with Crippen LogP contribution in [-0.4, -0.2) is 12.7 Å². The van der Waals surface area contributed by atoms with E-state index < -0.39 is 12.7 Å². The van der Waals surface area contributed by atoms with E-state index in [1.54, 1.807) is 0 Å². The summed E-state index contributed by atoms with van der Waals surface area (Å²) in [6.45, 7) is -2.69. The van der Waals surface area contributed by atoms with E-state index in [1.807, 2.05) is 0 Å². The van der Waals surface area contributed by atoms with Gasteiger partial charge >= 0.3 is 6.61 Å². The molecule has 0 aromatic heterocycles. The lowest BCUT2D eigenvalue weighted by Gasteiger charge is -2.27. The molecular weight excluding hydrogens is 162 g/mol. The molecule has 0 aliphatic heterocycles. The van der Waals surface area contributed by atoms with Crippen molar-refractivity contribution >= 4 is 0 Å². The minimum absolute atomic E-state index is 0.118. The molecule has 2 unspecified atom stereocenters. The standard InChI is InChI=1S/C9H12F2O/c1-2-7-5-3-4-6-8(7)12-9(10)11/h1,7-9H,3-6H2. The summed E-state index contributed by atoms with van der Waals surface area (Å²) in [6, 6.07) is 0. The molecule has 0 spiro atoms. The van der Waals surface area contributed by atoms with Crippen molar-refractivity contribution < 1.29 is 13.5 Å². The van der Waals surface area contributed by atoms with Gasteiger partial charge in [-0.1, -0.05) is 12.8 Å². The second-order valence-corrected chi connectivity index (χ2v) is 2.99. The molecule has 1 rings (SSSR count). The number of ether oxygens (including phenoxy) is 1. The number of rotatable bonds is 2. The highest BCUT2D eigenvalue weighted by Gasteiger charge is 2.26. The Labute approximate surface area is 71.1 Å². The summed E-state index contributed by atoms with van der Waals surface area (Å²) < 4.78 is 28.1. The average molecular weight is 174 g/mol. The molecule has 0 aromatic carbocycles. The van der Waals surface area contributed by atoms with Crippen LogP contribution in [0.1, 0.15) is 25.7 Å². The molecule has 1 saturated carbocycles. The number of terminal acetylenes is 1. The molecule has 0 amide bonds. The van der Waals surface area contributed by atoms with Crippen LogP contribution in [0.2, 0.25) is 0 Å². The van der Waals surface area contributed by atoms with Crippen molar-refractivity contribution in [3.63, 3.8) is 0 Å². The van der Waals surface area contributed by atoms with E-state index in [2.05, 4.69) is 10.7 Å². The fourth-order valence-electron chi connectivity index (χ4n) is 1.58. The maximum Gasteiger partial charge on any atom is 0.345 e. The zero-order valence-electron chi connectivity index (χ0n) is 6.80. The normalized spacial score (nSPS) is 30.2. The van der Waals surface area contributed by atoms with Crippen molar-refractivity contribution in [3.05, 3.63) is 0 Å². The van der Waals surface area contributed by atoms with E-state index in [0.29, 0.717) is 6.42 Å². The lowest BCUT2D eigenvalue weighted by atomic mass is 9.87. The third-order valence-corrected chi connectivity index (χ3v) is 2.19. The van der Waals surface area contributed by atoms with E-state index >= 15 is 0 Å². The molecule has 68 valence electrons. The van der Waals surface area contributed by atoms with Gasteiger partial charge in [0.2, 0.25) is 0 Å². The van der Waals surface area contributed by atoms with E-state index in [-0.39, 0.29) is 5.92 Å². The largest absolute Gasteiger partial charge is 0.345 e. The summed E-state index contributed by atoms with van der Waals surface area (Å²) in [4.78, 5) is 0. The van der Waals surface area contributed by atoms with Crippen LogP contribution in [0.5, 0.6) is 0 Å². The summed E-state index contributed by atoms with van der Waals surface area (Å²) >= 11 is 0. The van der Waals surface area contributed by atoms with Crippen LogP contribution < -0.4 is 0 Å². The Balaban J connectivity index is 2.43. The highest BCUT2D eigenvalue weighted by molar-refractivity contribution is 4.98. The zero-order chi connectivity index (χ0) is 8.97. The molecule has 0 saturated heterocycles. The van der Waals surface area contributed by atoms with Crippen LogP contribution in [0.4, 0.5) is 8.78 Å². The summed E-state index contributed by atoms with van der Waals surface area (Å²) in [5.41, 5.74) is 0. The first kappa shape index (κ1) is 9.47. The topological polar surface area (TPSA) is 9.23 Å². The van der Waals surface area contributed by atoms with E-state index in [9.17, 15) is 8.78 Å². The Bertz CT molecular complexity index is 174. The van der Waals surface area contributed by atoms with Crippen molar-refractivity contribution in [1.29, 1.82) is 0 Å². The highest BCUT2D eigenvalue weighted by Crippen LogP contribution is 2.27. The van der Waals surface area contributed by atoms with E-state index in [1.165, 1.54) is 0 Å². The Hall–Kier alpha value is -0.620. The molecule has 0 heterocycles. The molecular formula is C9H12F2O. The summed E-state index contributed by atoms with van der Waals surface area (Å²) in [5, 5.41) is 0. The lowest BCUT2D eigenvalue weighted by molar-refractivity contribution is -0.177. The van der Waals surface area contributed by atoms with Gasteiger partial charge in [0.25, 0.3) is 0 Å². The van der Waals surface area contributed by atoms with Gasteiger partial charge < -0.3 is 4.74 Å². The summed E-state index contributed by atoms with van der Waals surface area (Å²) in [6.07, 6.45) is 8.21. The van der Waals surface area contributed by atoms with Gasteiger partial charge in [-0.15, -0.1) is 12.3 Å². The van der Waals surface area contributed by atoms with Gasteiger partial charge in [-0.2, -0.15) is 8.78 Å². The Morgan fingerprint density at radius 1 is 1.33 bits per heavy atom. The van der Waals surface area contributed by atoms with Gasteiger partial charge in [0.05, 0.1) is 6.10 Å². The molecule has 0 aromatic rings. The van der Waals surface area contributed by atoms with Crippen molar-refractivity contribution in [2.75, 3.05) is 0 Å². The first-order chi connectivity index (χ1) is 5.74. The van der Waals surface area contributed by atoms with Crippen LogP contribution in [0.15, 0.2) is 0 Å². The first-order valence-corrected chi connectivity index (χ1v) is 4.14. The third kappa shape index (κ3) is 2.46. The lowest BCUT2D eigenvalue weighted by Crippen LogP contribution is -2.28. The van der Waals surface area contributed by atoms with Gasteiger partial charge in [-0.25, -0.2) is 0 Å². The predicted molar refractivity (Wildman–Crippen MR) is 41.7 cm³/mol. The molecule has 2 atom stereocenters. The minimum atomic E-state index is -2.69. The molecule has 1 fully saturated rings. The van der Waals surface area contributed by atoms with Gasteiger partial charge in [0.15, 0.2) is 0 Å². The average Bonchev–Trinajstić information content (AvgIpc) is 2.04. The minimum Gasteiger partial charge on any atom is -0.318 e. The van der Waals surface area contributed by atoms with Crippen molar-refractivity contribution in [2.24, 2.45) is 5.92 Å². The van der Waals surface area contributed by atoms with Crippen molar-refractivity contribution in [1.82, 2.24) is 0 Å². The van der Waals surface area contributed by atoms with Crippen LogP contribution in [0, 0.1) is 18.3 Å². The number of halogens is 2. The van der Waals surface area contributed by atoms with Gasteiger partial charge in [-0.05, 0) is 12.8 Å². The van der Waals surface area contributed by atoms with Crippen molar-refractivity contribution in [3.8, 4) is 12.3 Å². The predicted octanol–water partition coefficient (Wildman–Crippen LogP) is 2.42. The van der Waals surface area contributed by atoms with Gasteiger partial charge in [0, 0.05) is 5.92 Å². The SMILES string of the molecule is C#CC1CCCCC1OC(F)F. The Kier molecular flexibility index (Phi) is 3.48. The van der Waals surface area contributed by atoms with E-state index in [4.69, 9.17) is 6.42 Å². The summed E-state index contributed by atoms with van der Waals surface area (Å²) in [7, 11) is 0. The van der Waals surface area contributed by atoms with Crippen LogP contribution in [-0.2, 0) is 4.74 Å². The van der Waals surface area contributed by atoms with Crippen LogP contribution >= 0.6 is 0 Å².